The summed E-state index contributed by atoms with van der Waals surface area (Å²) in [4.78, 5) is 27.9. The van der Waals surface area contributed by atoms with Crippen molar-refractivity contribution >= 4 is 11.9 Å². The fourth-order valence-electron chi connectivity index (χ4n) is 3.58. The zero-order valence-electron chi connectivity index (χ0n) is 16.9. The van der Waals surface area contributed by atoms with Gasteiger partial charge in [0.2, 0.25) is 5.91 Å². The van der Waals surface area contributed by atoms with E-state index in [1.54, 1.807) is 12.5 Å². The van der Waals surface area contributed by atoms with Crippen molar-refractivity contribution in [1.82, 2.24) is 25.5 Å². The molecule has 3 amide bonds. The van der Waals surface area contributed by atoms with E-state index in [0.29, 0.717) is 32.0 Å². The molecule has 156 valence electrons. The first kappa shape index (κ1) is 20.9. The summed E-state index contributed by atoms with van der Waals surface area (Å²) < 4.78 is 2.01. The topological polar surface area (TPSA) is 88.0 Å². The van der Waals surface area contributed by atoms with Crippen molar-refractivity contribution < 1.29 is 9.59 Å². The van der Waals surface area contributed by atoms with Crippen LogP contribution in [0.3, 0.4) is 0 Å². The number of hydrogen-bond acceptors (Lipinski definition) is 3. The van der Waals surface area contributed by atoms with Crippen molar-refractivity contribution in [2.75, 3.05) is 6.54 Å². The van der Waals surface area contributed by atoms with Crippen LogP contribution in [0, 0.1) is 0 Å². The van der Waals surface area contributed by atoms with Crippen LogP contribution < -0.4 is 16.0 Å². The Balaban J connectivity index is 1.26. The highest BCUT2D eigenvalue weighted by Gasteiger charge is 2.15. The lowest BCUT2D eigenvalue weighted by atomic mass is 9.96. The summed E-state index contributed by atoms with van der Waals surface area (Å²) in [5.41, 5.74) is 2.26. The van der Waals surface area contributed by atoms with Gasteiger partial charge in [-0.2, -0.15) is 0 Å². The van der Waals surface area contributed by atoms with E-state index in [9.17, 15) is 9.59 Å². The first-order valence-corrected chi connectivity index (χ1v) is 10.5. The monoisotopic (exact) mass is 397 g/mol. The zero-order valence-corrected chi connectivity index (χ0v) is 16.9. The van der Waals surface area contributed by atoms with Crippen LogP contribution in [-0.2, 0) is 17.9 Å². The number of imidazole rings is 1. The van der Waals surface area contributed by atoms with Gasteiger partial charge in [-0.15, -0.1) is 0 Å². The maximum Gasteiger partial charge on any atom is 0.315 e. The Morgan fingerprint density at radius 2 is 1.79 bits per heavy atom. The molecule has 0 aliphatic heterocycles. The van der Waals surface area contributed by atoms with Gasteiger partial charge in [-0.3, -0.25) is 4.79 Å². The molecule has 0 spiro atoms. The van der Waals surface area contributed by atoms with E-state index in [0.717, 1.165) is 24.9 Å². The molecule has 7 nitrogen and oxygen atoms in total. The summed E-state index contributed by atoms with van der Waals surface area (Å²) in [6.07, 6.45) is 12.3. The molecule has 29 heavy (non-hydrogen) atoms. The van der Waals surface area contributed by atoms with Crippen molar-refractivity contribution in [3.63, 3.8) is 0 Å². The molecule has 1 aromatic carbocycles. The fourth-order valence-corrected chi connectivity index (χ4v) is 3.58. The van der Waals surface area contributed by atoms with Crippen molar-refractivity contribution in [3.05, 3.63) is 54.1 Å². The molecule has 0 radical (unpaired) electrons. The molecule has 3 rings (SSSR count). The van der Waals surface area contributed by atoms with E-state index in [1.807, 2.05) is 22.9 Å². The third-order valence-corrected chi connectivity index (χ3v) is 5.24. The van der Waals surface area contributed by atoms with Gasteiger partial charge in [0.1, 0.15) is 0 Å². The second kappa shape index (κ2) is 11.2. The number of carbonyl (C=O) groups is 2. The molecule has 1 saturated carbocycles. The van der Waals surface area contributed by atoms with Gasteiger partial charge in [-0.25, -0.2) is 9.78 Å². The average Bonchev–Trinajstić information content (AvgIpc) is 3.24. The van der Waals surface area contributed by atoms with E-state index in [1.165, 1.54) is 24.8 Å². The first-order valence-electron chi connectivity index (χ1n) is 10.5. The van der Waals surface area contributed by atoms with Crippen LogP contribution in [0.4, 0.5) is 4.79 Å². The molecule has 1 aliphatic carbocycles. The molecular formula is C22H31N5O2. The molecule has 0 saturated heterocycles. The summed E-state index contributed by atoms with van der Waals surface area (Å²) in [5, 5.41) is 8.80. The van der Waals surface area contributed by atoms with Crippen LogP contribution in [0.1, 0.15) is 56.1 Å². The minimum atomic E-state index is -0.118. The van der Waals surface area contributed by atoms with Gasteiger partial charge in [-0.05, 0) is 30.4 Å². The average molecular weight is 398 g/mol. The number of aromatic nitrogens is 2. The molecule has 0 atom stereocenters. The summed E-state index contributed by atoms with van der Waals surface area (Å²) in [6, 6.07) is 8.38. The number of carbonyl (C=O) groups excluding carboxylic acids is 2. The zero-order chi connectivity index (χ0) is 20.3. The largest absolute Gasteiger partial charge is 0.352 e. The standard InChI is InChI=1S/C22H31N5O2/c28-21(7-4-12-24-22(29)26-20-5-2-1-3-6-20)25-15-18-8-10-19(11-9-18)16-27-14-13-23-17-27/h8-11,13-14,17,20H,1-7,12,15-16H2,(H,25,28)(H2,24,26,29). The van der Waals surface area contributed by atoms with E-state index in [-0.39, 0.29) is 11.9 Å². The Morgan fingerprint density at radius 1 is 1.03 bits per heavy atom. The van der Waals surface area contributed by atoms with Gasteiger partial charge in [0, 0.05) is 44.5 Å². The Hall–Kier alpha value is -2.83. The minimum Gasteiger partial charge on any atom is -0.352 e. The molecular weight excluding hydrogens is 366 g/mol. The molecule has 3 N–H and O–H groups in total. The molecule has 0 bridgehead atoms. The van der Waals surface area contributed by atoms with Gasteiger partial charge in [0.25, 0.3) is 0 Å². The number of rotatable bonds is 9. The molecule has 1 aliphatic rings. The van der Waals surface area contributed by atoms with E-state index < -0.39 is 0 Å². The van der Waals surface area contributed by atoms with Crippen LogP contribution in [0.2, 0.25) is 0 Å². The third kappa shape index (κ3) is 7.60. The highest BCUT2D eigenvalue weighted by atomic mass is 16.2. The maximum atomic E-state index is 12.0. The van der Waals surface area contributed by atoms with Gasteiger partial charge in [0.15, 0.2) is 0 Å². The Kier molecular flexibility index (Phi) is 8.10. The second-order valence-corrected chi connectivity index (χ2v) is 7.67. The van der Waals surface area contributed by atoms with Crippen molar-refractivity contribution in [3.8, 4) is 0 Å². The van der Waals surface area contributed by atoms with Crippen LogP contribution >= 0.6 is 0 Å². The predicted molar refractivity (Wildman–Crippen MR) is 112 cm³/mol. The summed E-state index contributed by atoms with van der Waals surface area (Å²) in [7, 11) is 0. The van der Waals surface area contributed by atoms with Crippen molar-refractivity contribution in [2.45, 2.75) is 64.1 Å². The number of hydrogen-bond donors (Lipinski definition) is 3. The Morgan fingerprint density at radius 3 is 2.52 bits per heavy atom. The quantitative estimate of drug-likeness (QED) is 0.569. The lowest BCUT2D eigenvalue weighted by Gasteiger charge is -2.22. The van der Waals surface area contributed by atoms with Gasteiger partial charge >= 0.3 is 6.03 Å². The van der Waals surface area contributed by atoms with E-state index >= 15 is 0 Å². The van der Waals surface area contributed by atoms with Crippen LogP contribution in [0.5, 0.6) is 0 Å². The summed E-state index contributed by atoms with van der Waals surface area (Å²) in [5.74, 6) is 0.00183. The Labute approximate surface area is 172 Å². The SMILES string of the molecule is O=C(CCCNC(=O)NC1CCCCC1)NCc1ccc(Cn2ccnc2)cc1. The van der Waals surface area contributed by atoms with Gasteiger partial charge in [-0.1, -0.05) is 43.5 Å². The number of benzene rings is 1. The number of amides is 3. The maximum absolute atomic E-state index is 12.0. The fraction of sp³-hybridized carbons (Fsp3) is 0.500. The molecule has 0 unspecified atom stereocenters. The number of nitrogens with zero attached hydrogens (tertiary/aromatic N) is 2. The summed E-state index contributed by atoms with van der Waals surface area (Å²) >= 11 is 0. The lowest BCUT2D eigenvalue weighted by molar-refractivity contribution is -0.121. The van der Waals surface area contributed by atoms with Crippen LogP contribution in [-0.4, -0.2) is 34.1 Å². The number of nitrogens with one attached hydrogen (secondary N) is 3. The second-order valence-electron chi connectivity index (χ2n) is 7.67. The third-order valence-electron chi connectivity index (χ3n) is 5.24. The summed E-state index contributed by atoms with van der Waals surface area (Å²) in [6.45, 7) is 1.81. The lowest BCUT2D eigenvalue weighted by Crippen LogP contribution is -2.43. The number of urea groups is 1. The molecule has 7 heteroatoms. The minimum absolute atomic E-state index is 0.00183. The highest BCUT2D eigenvalue weighted by Crippen LogP contribution is 2.17. The molecule has 2 aromatic rings. The smallest absolute Gasteiger partial charge is 0.315 e. The Bertz CT molecular complexity index is 752. The first-order chi connectivity index (χ1) is 14.2. The molecule has 1 heterocycles. The van der Waals surface area contributed by atoms with E-state index in [2.05, 4.69) is 33.1 Å². The highest BCUT2D eigenvalue weighted by molar-refractivity contribution is 5.76. The molecule has 1 fully saturated rings. The van der Waals surface area contributed by atoms with Crippen LogP contribution in [0.25, 0.3) is 0 Å². The molecule has 1 aromatic heterocycles. The van der Waals surface area contributed by atoms with Crippen molar-refractivity contribution in [2.24, 2.45) is 0 Å². The predicted octanol–water partition coefficient (Wildman–Crippen LogP) is 2.96. The van der Waals surface area contributed by atoms with Crippen LogP contribution in [0.15, 0.2) is 43.0 Å². The normalized spacial score (nSPS) is 14.3. The van der Waals surface area contributed by atoms with E-state index in [4.69, 9.17) is 0 Å². The van der Waals surface area contributed by atoms with Crippen molar-refractivity contribution in [1.29, 1.82) is 0 Å². The van der Waals surface area contributed by atoms with Gasteiger partial charge in [0.05, 0.1) is 6.33 Å². The van der Waals surface area contributed by atoms with Gasteiger partial charge < -0.3 is 20.5 Å².